The van der Waals surface area contributed by atoms with Crippen LogP contribution < -0.4 is 10.1 Å². The van der Waals surface area contributed by atoms with Crippen molar-refractivity contribution in [1.29, 1.82) is 0 Å². The van der Waals surface area contributed by atoms with Gasteiger partial charge in [0, 0.05) is 18.3 Å². The maximum atomic E-state index is 5.64. The van der Waals surface area contributed by atoms with Crippen molar-refractivity contribution in [3.63, 3.8) is 0 Å². The summed E-state index contributed by atoms with van der Waals surface area (Å²) in [6.45, 7) is 4.56. The Morgan fingerprint density at radius 2 is 1.95 bits per heavy atom. The number of pyridine rings is 1. The van der Waals surface area contributed by atoms with Crippen LogP contribution in [0.25, 0.3) is 0 Å². The molecule has 1 N–H and O–H groups in total. The molecule has 2 rings (SSSR count). The summed E-state index contributed by atoms with van der Waals surface area (Å²) in [6.07, 6.45) is 2.73. The summed E-state index contributed by atoms with van der Waals surface area (Å²) in [4.78, 5) is 4.20. The van der Waals surface area contributed by atoms with Crippen molar-refractivity contribution in [1.82, 2.24) is 10.3 Å². The van der Waals surface area contributed by atoms with Crippen LogP contribution in [0.5, 0.6) is 5.88 Å². The highest BCUT2D eigenvalue weighted by atomic mass is 16.5. The molecule has 0 fully saturated rings. The van der Waals surface area contributed by atoms with E-state index in [0.717, 1.165) is 31.0 Å². The molecule has 0 aliphatic heterocycles. The predicted molar refractivity (Wildman–Crippen MR) is 77.2 cm³/mol. The zero-order valence-corrected chi connectivity index (χ0v) is 11.3. The molecule has 0 aliphatic carbocycles. The Morgan fingerprint density at radius 3 is 2.74 bits per heavy atom. The van der Waals surface area contributed by atoms with E-state index in [0.29, 0.717) is 6.61 Å². The van der Waals surface area contributed by atoms with Gasteiger partial charge in [-0.05, 0) is 31.5 Å². The minimum Gasteiger partial charge on any atom is -0.477 e. The molecule has 3 heteroatoms. The van der Waals surface area contributed by atoms with Gasteiger partial charge in [-0.25, -0.2) is 4.98 Å². The molecule has 0 radical (unpaired) electrons. The van der Waals surface area contributed by atoms with E-state index in [-0.39, 0.29) is 0 Å². The van der Waals surface area contributed by atoms with Crippen LogP contribution in [0, 0.1) is 6.92 Å². The molecule has 3 nitrogen and oxygen atoms in total. The second-order valence-electron chi connectivity index (χ2n) is 4.49. The summed E-state index contributed by atoms with van der Waals surface area (Å²) < 4.78 is 5.64. The number of nitrogens with one attached hydrogen (secondary N) is 1. The molecule has 0 saturated heterocycles. The van der Waals surface area contributed by atoms with Crippen LogP contribution in [0.15, 0.2) is 48.7 Å². The number of benzene rings is 1. The molecular formula is C16H20N2O. The van der Waals surface area contributed by atoms with Gasteiger partial charge in [0.25, 0.3) is 0 Å². The van der Waals surface area contributed by atoms with E-state index in [1.54, 1.807) is 6.20 Å². The topological polar surface area (TPSA) is 34.1 Å². The van der Waals surface area contributed by atoms with Gasteiger partial charge in [-0.3, -0.25) is 0 Å². The first-order chi connectivity index (χ1) is 9.36. The molecule has 0 spiro atoms. The predicted octanol–water partition coefficient (Wildman–Crippen LogP) is 2.95. The Balaban J connectivity index is 1.59. The molecule has 0 saturated carbocycles. The zero-order chi connectivity index (χ0) is 13.3. The highest BCUT2D eigenvalue weighted by Crippen LogP contribution is 2.11. The summed E-state index contributed by atoms with van der Waals surface area (Å²) in [5.41, 5.74) is 2.39. The lowest BCUT2D eigenvalue weighted by molar-refractivity contribution is 0.294. The van der Waals surface area contributed by atoms with Gasteiger partial charge in [-0.1, -0.05) is 36.4 Å². The molecule has 0 unspecified atom stereocenters. The molecule has 1 heterocycles. The van der Waals surface area contributed by atoms with Crippen molar-refractivity contribution in [2.75, 3.05) is 13.2 Å². The summed E-state index contributed by atoms with van der Waals surface area (Å²) in [6, 6.07) is 14.3. The van der Waals surface area contributed by atoms with E-state index in [9.17, 15) is 0 Å². The quantitative estimate of drug-likeness (QED) is 0.773. The van der Waals surface area contributed by atoms with Crippen molar-refractivity contribution < 1.29 is 4.74 Å². The minimum absolute atomic E-state index is 0.694. The Labute approximate surface area is 114 Å². The molecule has 0 bridgehead atoms. The van der Waals surface area contributed by atoms with Crippen molar-refractivity contribution >= 4 is 0 Å². The fraction of sp³-hybridized carbons (Fsp3) is 0.312. The smallest absolute Gasteiger partial charge is 0.216 e. The highest BCUT2D eigenvalue weighted by molar-refractivity contribution is 5.23. The van der Waals surface area contributed by atoms with Gasteiger partial charge >= 0.3 is 0 Å². The number of ether oxygens (including phenoxy) is 1. The number of hydrogen-bond donors (Lipinski definition) is 1. The van der Waals surface area contributed by atoms with Crippen LogP contribution in [0.2, 0.25) is 0 Å². The molecule has 0 amide bonds. The van der Waals surface area contributed by atoms with E-state index in [2.05, 4.69) is 34.6 Å². The van der Waals surface area contributed by atoms with Crippen LogP contribution in [0.3, 0.4) is 0 Å². The molecular weight excluding hydrogens is 236 g/mol. The Morgan fingerprint density at radius 1 is 1.11 bits per heavy atom. The van der Waals surface area contributed by atoms with Gasteiger partial charge in [-0.15, -0.1) is 0 Å². The van der Waals surface area contributed by atoms with E-state index in [1.165, 1.54) is 5.56 Å². The third-order valence-electron chi connectivity index (χ3n) is 2.87. The lowest BCUT2D eigenvalue weighted by Gasteiger charge is -2.08. The molecule has 0 atom stereocenters. The molecule has 100 valence electrons. The number of nitrogens with zero attached hydrogens (tertiary/aromatic N) is 1. The van der Waals surface area contributed by atoms with E-state index >= 15 is 0 Å². The molecule has 0 aliphatic rings. The van der Waals surface area contributed by atoms with Crippen molar-refractivity contribution in [3.8, 4) is 5.88 Å². The maximum absolute atomic E-state index is 5.64. The average Bonchev–Trinajstić information content (AvgIpc) is 2.45. The zero-order valence-electron chi connectivity index (χ0n) is 11.3. The Kier molecular flexibility index (Phi) is 5.38. The summed E-state index contributed by atoms with van der Waals surface area (Å²) >= 11 is 0. The lowest BCUT2D eigenvalue weighted by Crippen LogP contribution is -2.17. The van der Waals surface area contributed by atoms with Crippen molar-refractivity contribution in [2.24, 2.45) is 0 Å². The number of hydrogen-bond acceptors (Lipinski definition) is 3. The molecule has 19 heavy (non-hydrogen) atoms. The van der Waals surface area contributed by atoms with Crippen LogP contribution in [-0.2, 0) is 6.54 Å². The minimum atomic E-state index is 0.694. The van der Waals surface area contributed by atoms with Crippen molar-refractivity contribution in [3.05, 3.63) is 59.8 Å². The van der Waals surface area contributed by atoms with E-state index in [1.807, 2.05) is 25.1 Å². The second kappa shape index (κ2) is 7.54. The standard InChI is InChI=1S/C16H20N2O/c1-14-7-5-11-18-16(14)19-12-6-10-17-13-15-8-3-2-4-9-15/h2-5,7-9,11,17H,6,10,12-13H2,1H3. The Hall–Kier alpha value is -1.87. The van der Waals surface area contributed by atoms with Crippen LogP contribution >= 0.6 is 0 Å². The first-order valence-corrected chi connectivity index (χ1v) is 6.65. The number of rotatable bonds is 7. The third kappa shape index (κ3) is 4.72. The van der Waals surface area contributed by atoms with Crippen LogP contribution in [-0.4, -0.2) is 18.1 Å². The number of aromatic nitrogens is 1. The normalized spacial score (nSPS) is 10.4. The van der Waals surface area contributed by atoms with Gasteiger partial charge in [0.2, 0.25) is 5.88 Å². The monoisotopic (exact) mass is 256 g/mol. The van der Waals surface area contributed by atoms with Crippen molar-refractivity contribution in [2.45, 2.75) is 19.9 Å². The van der Waals surface area contributed by atoms with Gasteiger partial charge in [0.15, 0.2) is 0 Å². The third-order valence-corrected chi connectivity index (χ3v) is 2.87. The first-order valence-electron chi connectivity index (χ1n) is 6.65. The van der Waals surface area contributed by atoms with Gasteiger partial charge < -0.3 is 10.1 Å². The lowest BCUT2D eigenvalue weighted by atomic mass is 10.2. The van der Waals surface area contributed by atoms with E-state index < -0.39 is 0 Å². The average molecular weight is 256 g/mol. The van der Waals surface area contributed by atoms with Crippen LogP contribution in [0.4, 0.5) is 0 Å². The highest BCUT2D eigenvalue weighted by Gasteiger charge is 1.98. The molecule has 2 aromatic rings. The molecule has 1 aromatic heterocycles. The summed E-state index contributed by atoms with van der Waals surface area (Å²) in [5, 5.41) is 3.40. The Bertz CT molecular complexity index is 485. The van der Waals surface area contributed by atoms with E-state index in [4.69, 9.17) is 4.74 Å². The SMILES string of the molecule is Cc1cccnc1OCCCNCc1ccccc1. The second-order valence-corrected chi connectivity index (χ2v) is 4.49. The summed E-state index contributed by atoms with van der Waals surface area (Å²) in [7, 11) is 0. The van der Waals surface area contributed by atoms with Crippen LogP contribution in [0.1, 0.15) is 17.5 Å². The molecule has 1 aromatic carbocycles. The fourth-order valence-corrected chi connectivity index (χ4v) is 1.82. The number of aryl methyl sites for hydroxylation is 1. The van der Waals surface area contributed by atoms with Gasteiger partial charge in [0.1, 0.15) is 0 Å². The largest absolute Gasteiger partial charge is 0.477 e. The fourth-order valence-electron chi connectivity index (χ4n) is 1.82. The first kappa shape index (κ1) is 13.6. The van der Waals surface area contributed by atoms with Gasteiger partial charge in [-0.2, -0.15) is 0 Å². The summed E-state index contributed by atoms with van der Waals surface area (Å²) in [5.74, 6) is 0.741. The maximum Gasteiger partial charge on any atom is 0.216 e. The van der Waals surface area contributed by atoms with Gasteiger partial charge in [0.05, 0.1) is 6.61 Å².